The Bertz CT molecular complexity index is 1580. The molecule has 0 spiro atoms. The molecule has 0 bridgehead atoms. The van der Waals surface area contributed by atoms with Gasteiger partial charge in [0.25, 0.3) is 0 Å². The first-order chi connectivity index (χ1) is 19.9. The highest BCUT2D eigenvalue weighted by Gasteiger charge is 2.56. The van der Waals surface area contributed by atoms with Crippen LogP contribution in [0, 0.1) is 29.0 Å². The van der Waals surface area contributed by atoms with Crippen molar-refractivity contribution in [3.8, 4) is 11.4 Å². The van der Waals surface area contributed by atoms with Gasteiger partial charge in [-0.15, -0.1) is 0 Å². The summed E-state index contributed by atoms with van der Waals surface area (Å²) in [6.07, 6.45) is 1.77. The Kier molecular flexibility index (Phi) is 6.93. The molecular weight excluding hydrogens is 560 g/mol. The maximum Gasteiger partial charge on any atom is 0.392 e. The van der Waals surface area contributed by atoms with Crippen LogP contribution in [0.5, 0.6) is 5.75 Å². The van der Waals surface area contributed by atoms with Crippen LogP contribution in [0.15, 0.2) is 72.0 Å². The van der Waals surface area contributed by atoms with Crippen molar-refractivity contribution < 1.29 is 35.9 Å². The number of benzene rings is 2. The summed E-state index contributed by atoms with van der Waals surface area (Å²) in [6.45, 7) is -1.08. The Labute approximate surface area is 237 Å². The number of hydrogen-bond acceptors (Lipinski definition) is 3. The molecule has 42 heavy (non-hydrogen) atoms. The highest BCUT2D eigenvalue weighted by molar-refractivity contribution is 5.93. The predicted octanol–water partition coefficient (Wildman–Crippen LogP) is 7.73. The fraction of sp³-hybridized carbons (Fsp3) is 0.355. The second-order valence-electron chi connectivity index (χ2n) is 11.2. The normalized spacial score (nSPS) is 25.1. The molecular formula is C31H27F6N3O2. The number of aromatic nitrogens is 2. The van der Waals surface area contributed by atoms with Gasteiger partial charge in [0, 0.05) is 17.2 Å². The van der Waals surface area contributed by atoms with Gasteiger partial charge in [0.05, 0.1) is 29.4 Å². The minimum atomic E-state index is -4.61. The molecule has 4 atom stereocenters. The van der Waals surface area contributed by atoms with Crippen LogP contribution in [0.4, 0.5) is 32.0 Å². The third kappa shape index (κ3) is 4.98. The van der Waals surface area contributed by atoms with Crippen LogP contribution in [0.3, 0.4) is 0 Å². The lowest BCUT2D eigenvalue weighted by Crippen LogP contribution is -2.49. The van der Waals surface area contributed by atoms with E-state index in [0.29, 0.717) is 24.9 Å². The number of carbonyl (C=O) groups excluding carboxylic acids is 1. The standard InChI is InChI=1S/C31H27F6N3O2/c1-30-15-17-16-38-40(21-8-6-19(32)7-9-21)26(17)13-18(30)5-10-23-24(30)11-12-25(31(35,36)37)27(23)28(41)39-20-3-2-4-22(14-20)42-29(33)34/h2-4,6-9,11,13-14,16,23,25,27,29H,5,10,12,15H2,1H3,(H,39,41)/t23-,25+,27+,30-/m0/s1. The van der Waals surface area contributed by atoms with Gasteiger partial charge in [0.2, 0.25) is 5.91 Å². The fourth-order valence-corrected chi connectivity index (χ4v) is 6.91. The molecule has 1 N–H and O–H groups in total. The number of alkyl halides is 5. The summed E-state index contributed by atoms with van der Waals surface area (Å²) >= 11 is 0. The van der Waals surface area contributed by atoms with Crippen LogP contribution < -0.4 is 10.1 Å². The van der Waals surface area contributed by atoms with E-state index in [-0.39, 0.29) is 23.7 Å². The number of halogens is 6. The number of hydrogen-bond donors (Lipinski definition) is 1. The quantitative estimate of drug-likeness (QED) is 0.246. The molecule has 0 saturated heterocycles. The number of amides is 1. The van der Waals surface area contributed by atoms with Crippen molar-refractivity contribution in [2.45, 2.75) is 45.4 Å². The molecule has 0 aliphatic heterocycles. The molecule has 1 heterocycles. The van der Waals surface area contributed by atoms with Gasteiger partial charge in [-0.25, -0.2) is 9.07 Å². The molecule has 220 valence electrons. The monoisotopic (exact) mass is 587 g/mol. The Morgan fingerprint density at radius 2 is 1.93 bits per heavy atom. The summed E-state index contributed by atoms with van der Waals surface area (Å²) in [5, 5.41) is 7.05. The molecule has 1 amide bonds. The number of rotatable bonds is 5. The summed E-state index contributed by atoms with van der Waals surface area (Å²) in [4.78, 5) is 13.6. The molecule has 3 aliphatic carbocycles. The van der Waals surface area contributed by atoms with E-state index in [0.717, 1.165) is 28.5 Å². The van der Waals surface area contributed by atoms with E-state index in [1.54, 1.807) is 29.1 Å². The Balaban J connectivity index is 1.32. The number of allylic oxidation sites excluding steroid dienone is 3. The molecule has 0 radical (unpaired) electrons. The number of anilines is 1. The molecule has 3 aliphatic rings. The number of nitrogens with zero attached hydrogens (tertiary/aromatic N) is 2. The van der Waals surface area contributed by atoms with Crippen molar-refractivity contribution in [1.29, 1.82) is 0 Å². The molecule has 2 aromatic carbocycles. The zero-order chi connectivity index (χ0) is 29.8. The average molecular weight is 588 g/mol. The van der Waals surface area contributed by atoms with Gasteiger partial charge in [0.15, 0.2) is 0 Å². The molecule has 0 unspecified atom stereocenters. The minimum absolute atomic E-state index is 0.0771. The Morgan fingerprint density at radius 1 is 1.17 bits per heavy atom. The smallest absolute Gasteiger partial charge is 0.392 e. The number of fused-ring (bicyclic) bond motifs is 4. The zero-order valence-corrected chi connectivity index (χ0v) is 22.5. The topological polar surface area (TPSA) is 56.2 Å². The van der Waals surface area contributed by atoms with E-state index in [1.165, 1.54) is 30.3 Å². The Morgan fingerprint density at radius 3 is 2.64 bits per heavy atom. The number of carbonyl (C=O) groups is 1. The second kappa shape index (κ2) is 10.4. The number of nitrogens with one attached hydrogen (secondary N) is 1. The summed E-state index contributed by atoms with van der Waals surface area (Å²) in [5.74, 6) is -5.33. The largest absolute Gasteiger partial charge is 0.435 e. The van der Waals surface area contributed by atoms with Crippen LogP contribution in [-0.4, -0.2) is 28.5 Å². The summed E-state index contributed by atoms with van der Waals surface area (Å²) in [6, 6.07) is 11.2. The summed E-state index contributed by atoms with van der Waals surface area (Å²) < 4.78 is 87.9. The zero-order valence-electron chi connectivity index (χ0n) is 22.5. The molecule has 1 saturated carbocycles. The van der Waals surface area contributed by atoms with Gasteiger partial charge < -0.3 is 10.1 Å². The van der Waals surface area contributed by atoms with Crippen LogP contribution in [0.25, 0.3) is 11.8 Å². The van der Waals surface area contributed by atoms with Gasteiger partial charge in [-0.1, -0.05) is 30.2 Å². The van der Waals surface area contributed by atoms with Crippen LogP contribution >= 0.6 is 0 Å². The van der Waals surface area contributed by atoms with E-state index >= 15 is 0 Å². The first-order valence-corrected chi connectivity index (χ1v) is 13.6. The molecule has 11 heteroatoms. The average Bonchev–Trinajstić information content (AvgIpc) is 3.32. The van der Waals surface area contributed by atoms with Gasteiger partial charge in [-0.3, -0.25) is 4.79 Å². The van der Waals surface area contributed by atoms with Crippen molar-refractivity contribution in [2.24, 2.45) is 23.2 Å². The first kappa shape index (κ1) is 28.1. The van der Waals surface area contributed by atoms with Crippen molar-refractivity contribution in [3.63, 3.8) is 0 Å². The number of ether oxygens (including phenoxy) is 1. The maximum atomic E-state index is 14.3. The maximum absolute atomic E-state index is 14.3. The van der Waals surface area contributed by atoms with Gasteiger partial charge in [-0.05, 0) is 79.6 Å². The molecule has 3 aromatic rings. The van der Waals surface area contributed by atoms with E-state index in [4.69, 9.17) is 0 Å². The van der Waals surface area contributed by atoms with Crippen molar-refractivity contribution in [3.05, 3.63) is 89.0 Å². The van der Waals surface area contributed by atoms with E-state index in [1.807, 2.05) is 13.0 Å². The first-order valence-electron chi connectivity index (χ1n) is 13.6. The summed E-state index contributed by atoms with van der Waals surface area (Å²) in [5.41, 5.74) is 3.76. The van der Waals surface area contributed by atoms with Crippen LogP contribution in [0.1, 0.15) is 37.4 Å². The predicted molar refractivity (Wildman–Crippen MR) is 143 cm³/mol. The van der Waals surface area contributed by atoms with E-state index in [2.05, 4.69) is 15.2 Å². The van der Waals surface area contributed by atoms with Gasteiger partial charge >= 0.3 is 12.8 Å². The lowest BCUT2D eigenvalue weighted by molar-refractivity contribution is -0.196. The van der Waals surface area contributed by atoms with Crippen molar-refractivity contribution >= 4 is 17.7 Å². The highest BCUT2D eigenvalue weighted by Crippen LogP contribution is 2.59. The molecule has 1 fully saturated rings. The fourth-order valence-electron chi connectivity index (χ4n) is 6.91. The van der Waals surface area contributed by atoms with Crippen molar-refractivity contribution in [2.75, 3.05) is 5.32 Å². The van der Waals surface area contributed by atoms with Crippen LogP contribution in [-0.2, 0) is 11.2 Å². The Hall–Kier alpha value is -4.02. The molecule has 5 nitrogen and oxygen atoms in total. The van der Waals surface area contributed by atoms with E-state index < -0.39 is 41.9 Å². The molecule has 6 rings (SSSR count). The molecule has 1 aromatic heterocycles. The summed E-state index contributed by atoms with van der Waals surface area (Å²) in [7, 11) is 0. The highest BCUT2D eigenvalue weighted by atomic mass is 19.4. The minimum Gasteiger partial charge on any atom is -0.435 e. The lowest BCUT2D eigenvalue weighted by atomic mass is 9.54. The van der Waals surface area contributed by atoms with Crippen molar-refractivity contribution in [1.82, 2.24) is 9.78 Å². The van der Waals surface area contributed by atoms with Gasteiger partial charge in [0.1, 0.15) is 11.6 Å². The lowest BCUT2D eigenvalue weighted by Gasteiger charge is -2.50. The third-order valence-corrected chi connectivity index (χ3v) is 8.79. The van der Waals surface area contributed by atoms with Gasteiger partial charge in [-0.2, -0.15) is 27.1 Å². The SMILES string of the molecule is C[C@]12Cc3cnn(-c4ccc(F)cc4)c3C=C1CC[C@H]1C2=CC[C@@H](C(F)(F)F)[C@@H]1C(=O)Nc1cccc(OC(F)F)c1. The van der Waals surface area contributed by atoms with Crippen LogP contribution in [0.2, 0.25) is 0 Å². The van der Waals surface area contributed by atoms with E-state index in [9.17, 15) is 31.1 Å². The third-order valence-electron chi connectivity index (χ3n) is 8.79. The second-order valence-corrected chi connectivity index (χ2v) is 11.2.